The minimum absolute atomic E-state index is 0.131. The summed E-state index contributed by atoms with van der Waals surface area (Å²) < 4.78 is 15.9. The van der Waals surface area contributed by atoms with Gasteiger partial charge in [0, 0.05) is 62.1 Å². The van der Waals surface area contributed by atoms with Crippen LogP contribution in [0.15, 0.2) is 0 Å². The Morgan fingerprint density at radius 1 is 0.410 bits per heavy atom. The number of unbranched alkanes of at least 4 members (excludes halogenated alkanes) is 6. The monoisotopic (exact) mass is 561 g/mol. The molecule has 0 radical (unpaired) electrons. The molecule has 9 nitrogen and oxygen atoms in total. The summed E-state index contributed by atoms with van der Waals surface area (Å²) in [6, 6.07) is 0. The molecule has 0 aromatic rings. The second-order valence-corrected chi connectivity index (χ2v) is 10.1. The SMILES string of the molecule is CCCCCCOCCC(=O)N(C)C.CCCCCOCCC(=O)N(C)C.CCCCOCCC(=O)N(C)C. The third kappa shape index (κ3) is 36.3. The van der Waals surface area contributed by atoms with E-state index < -0.39 is 0 Å². The summed E-state index contributed by atoms with van der Waals surface area (Å²) in [4.78, 5) is 38.0. The second-order valence-electron chi connectivity index (χ2n) is 10.1. The van der Waals surface area contributed by atoms with E-state index in [4.69, 9.17) is 14.2 Å². The Bertz CT molecular complexity index is 557. The Kier molecular flexibility index (Phi) is 34.8. The van der Waals surface area contributed by atoms with E-state index in [1.165, 1.54) is 32.1 Å². The van der Waals surface area contributed by atoms with Gasteiger partial charge in [0.05, 0.1) is 39.1 Å². The van der Waals surface area contributed by atoms with E-state index in [0.717, 1.165) is 45.5 Å². The van der Waals surface area contributed by atoms with Crippen LogP contribution in [0.5, 0.6) is 0 Å². The van der Waals surface area contributed by atoms with Crippen molar-refractivity contribution in [3.05, 3.63) is 0 Å². The second kappa shape index (κ2) is 32.5. The van der Waals surface area contributed by atoms with Crippen LogP contribution in [-0.2, 0) is 28.6 Å². The Morgan fingerprint density at radius 3 is 1.00 bits per heavy atom. The van der Waals surface area contributed by atoms with Crippen molar-refractivity contribution in [3.63, 3.8) is 0 Å². The molecule has 0 atom stereocenters. The van der Waals surface area contributed by atoms with Crippen LogP contribution < -0.4 is 0 Å². The number of carbonyl (C=O) groups excluding carboxylic acids is 3. The van der Waals surface area contributed by atoms with E-state index in [-0.39, 0.29) is 17.7 Å². The molecule has 3 amide bonds. The molecule has 234 valence electrons. The van der Waals surface area contributed by atoms with Crippen molar-refractivity contribution in [2.24, 2.45) is 0 Å². The summed E-state index contributed by atoms with van der Waals surface area (Å²) in [7, 11) is 10.6. The topological polar surface area (TPSA) is 88.6 Å². The van der Waals surface area contributed by atoms with E-state index in [9.17, 15) is 14.4 Å². The maximum atomic E-state index is 11.1. The Hall–Kier alpha value is -1.71. The molecule has 0 bridgehead atoms. The average Bonchev–Trinajstić information content (AvgIpc) is 2.90. The van der Waals surface area contributed by atoms with Crippen LogP contribution in [0.25, 0.3) is 0 Å². The van der Waals surface area contributed by atoms with Gasteiger partial charge < -0.3 is 28.9 Å². The van der Waals surface area contributed by atoms with Crippen molar-refractivity contribution in [3.8, 4) is 0 Å². The van der Waals surface area contributed by atoms with Crippen LogP contribution in [-0.4, -0.2) is 114 Å². The lowest BCUT2D eigenvalue weighted by molar-refractivity contribution is -0.130. The van der Waals surface area contributed by atoms with Crippen LogP contribution in [0.1, 0.15) is 97.8 Å². The van der Waals surface area contributed by atoms with E-state index in [1.54, 1.807) is 57.0 Å². The summed E-state index contributed by atoms with van der Waals surface area (Å²) in [5, 5.41) is 0. The zero-order valence-electron chi connectivity index (χ0n) is 27.0. The normalized spacial score (nSPS) is 10.1. The van der Waals surface area contributed by atoms with Gasteiger partial charge in [-0.05, 0) is 19.3 Å². The van der Waals surface area contributed by atoms with Crippen LogP contribution in [0.3, 0.4) is 0 Å². The molecule has 0 N–H and O–H groups in total. The first-order valence-corrected chi connectivity index (χ1v) is 14.9. The molecule has 0 rings (SSSR count). The maximum Gasteiger partial charge on any atom is 0.224 e. The fourth-order valence-corrected chi connectivity index (χ4v) is 2.79. The zero-order valence-corrected chi connectivity index (χ0v) is 27.0. The number of carbonyl (C=O) groups is 3. The smallest absolute Gasteiger partial charge is 0.224 e. The third-order valence-corrected chi connectivity index (χ3v) is 5.55. The largest absolute Gasteiger partial charge is 0.381 e. The maximum absolute atomic E-state index is 11.1. The van der Waals surface area contributed by atoms with E-state index in [2.05, 4.69) is 20.8 Å². The summed E-state index contributed by atoms with van der Waals surface area (Å²) in [6.45, 7) is 10.5. The van der Waals surface area contributed by atoms with Gasteiger partial charge in [0.1, 0.15) is 0 Å². The fourth-order valence-electron chi connectivity index (χ4n) is 2.79. The minimum Gasteiger partial charge on any atom is -0.381 e. The van der Waals surface area contributed by atoms with E-state index >= 15 is 0 Å². The molecule has 39 heavy (non-hydrogen) atoms. The number of hydrogen-bond donors (Lipinski definition) is 0. The van der Waals surface area contributed by atoms with Gasteiger partial charge in [-0.1, -0.05) is 59.3 Å². The van der Waals surface area contributed by atoms with Crippen LogP contribution >= 0.6 is 0 Å². The number of ether oxygens (including phenoxy) is 3. The zero-order chi connectivity index (χ0) is 30.3. The predicted molar refractivity (Wildman–Crippen MR) is 161 cm³/mol. The standard InChI is InChI=1S/C11H23NO2.C10H21NO2.C9H19NO2/c1-4-5-6-7-9-14-10-8-11(13)12(2)3;1-4-5-6-8-13-9-7-10(12)11(2)3;1-4-5-7-12-8-6-9(11)10(2)3/h4-10H2,1-3H3;4-9H2,1-3H3;4-8H2,1-3H3. The highest BCUT2D eigenvalue weighted by Crippen LogP contribution is 1.99. The lowest BCUT2D eigenvalue weighted by Gasteiger charge is -2.09. The molecule has 0 saturated heterocycles. The predicted octanol–water partition coefficient (Wildman–Crippen LogP) is 5.01. The molecule has 0 fully saturated rings. The molecule has 0 aromatic carbocycles. The molecular formula is C30H63N3O6. The van der Waals surface area contributed by atoms with Gasteiger partial charge in [-0.25, -0.2) is 0 Å². The molecule has 0 spiro atoms. The Balaban J connectivity index is -0.000000500. The van der Waals surface area contributed by atoms with Gasteiger partial charge in [0.25, 0.3) is 0 Å². The van der Waals surface area contributed by atoms with Crippen molar-refractivity contribution < 1.29 is 28.6 Å². The van der Waals surface area contributed by atoms with Crippen LogP contribution in [0.2, 0.25) is 0 Å². The summed E-state index contributed by atoms with van der Waals surface area (Å²) in [5.74, 6) is 0.403. The average molecular weight is 562 g/mol. The van der Waals surface area contributed by atoms with Gasteiger partial charge in [-0.2, -0.15) is 0 Å². The van der Waals surface area contributed by atoms with E-state index in [0.29, 0.717) is 39.1 Å². The van der Waals surface area contributed by atoms with Gasteiger partial charge in [0.15, 0.2) is 0 Å². The Morgan fingerprint density at radius 2 is 0.692 bits per heavy atom. The lowest BCUT2D eigenvalue weighted by atomic mass is 10.2. The molecule has 0 unspecified atom stereocenters. The quantitative estimate of drug-likeness (QED) is 0.183. The Labute approximate surface area is 240 Å². The van der Waals surface area contributed by atoms with Crippen molar-refractivity contribution in [2.45, 2.75) is 97.8 Å². The highest BCUT2D eigenvalue weighted by molar-refractivity contribution is 5.76. The van der Waals surface area contributed by atoms with Crippen LogP contribution in [0.4, 0.5) is 0 Å². The molecular weight excluding hydrogens is 498 g/mol. The lowest BCUT2D eigenvalue weighted by Crippen LogP contribution is -2.22. The van der Waals surface area contributed by atoms with Crippen molar-refractivity contribution in [1.29, 1.82) is 0 Å². The molecule has 9 heteroatoms. The molecule has 0 saturated carbocycles. The number of rotatable bonds is 21. The molecule has 0 aliphatic carbocycles. The third-order valence-electron chi connectivity index (χ3n) is 5.55. The number of hydrogen-bond acceptors (Lipinski definition) is 6. The molecule has 0 aromatic heterocycles. The fraction of sp³-hybridized carbons (Fsp3) is 0.900. The van der Waals surface area contributed by atoms with Gasteiger partial charge in [-0.3, -0.25) is 14.4 Å². The van der Waals surface area contributed by atoms with Gasteiger partial charge in [0.2, 0.25) is 17.7 Å². The number of nitrogens with zero attached hydrogens (tertiary/aromatic N) is 3. The molecule has 0 aliphatic heterocycles. The summed E-state index contributed by atoms with van der Waals surface area (Å²) >= 11 is 0. The van der Waals surface area contributed by atoms with Crippen molar-refractivity contribution in [1.82, 2.24) is 14.7 Å². The summed E-state index contributed by atoms with van der Waals surface area (Å²) in [6.07, 6.45) is 12.1. The molecule has 0 aliphatic rings. The first kappa shape index (κ1) is 41.8. The van der Waals surface area contributed by atoms with Crippen molar-refractivity contribution >= 4 is 17.7 Å². The van der Waals surface area contributed by atoms with Crippen LogP contribution in [0, 0.1) is 0 Å². The highest BCUT2D eigenvalue weighted by Gasteiger charge is 2.04. The summed E-state index contributed by atoms with van der Waals surface area (Å²) in [5.41, 5.74) is 0. The van der Waals surface area contributed by atoms with Gasteiger partial charge >= 0.3 is 0 Å². The first-order valence-electron chi connectivity index (χ1n) is 14.9. The van der Waals surface area contributed by atoms with E-state index in [1.807, 2.05) is 0 Å². The van der Waals surface area contributed by atoms with Crippen molar-refractivity contribution in [2.75, 3.05) is 81.9 Å². The first-order chi connectivity index (χ1) is 18.5. The highest BCUT2D eigenvalue weighted by atomic mass is 16.5. The minimum atomic E-state index is 0.131. The molecule has 0 heterocycles. The number of amides is 3. The van der Waals surface area contributed by atoms with Gasteiger partial charge in [-0.15, -0.1) is 0 Å².